The number of nitrogens with one attached hydrogen (secondary N) is 1. The number of nitrogens with zero attached hydrogens (tertiary/aromatic N) is 1. The number of thiocarbonyl (C=S) groups is 1. The first kappa shape index (κ1) is 15.1. The minimum atomic E-state index is 0.342. The van der Waals surface area contributed by atoms with Gasteiger partial charge in [-0.3, -0.25) is 0 Å². The third kappa shape index (κ3) is 3.82. The molecular weight excluding hydrogens is 286 g/mol. The molecule has 1 aromatic heterocycles. The lowest BCUT2D eigenvalue weighted by molar-refractivity contribution is 0.354. The zero-order valence-corrected chi connectivity index (χ0v) is 12.7. The van der Waals surface area contributed by atoms with Gasteiger partial charge >= 0.3 is 0 Å². The molecule has 0 unspecified atom stereocenters. The maximum atomic E-state index is 5.53. The smallest absolute Gasteiger partial charge is 0.161 e. The van der Waals surface area contributed by atoms with Gasteiger partial charge in [-0.15, -0.1) is 0 Å². The topological polar surface area (TPSA) is 69.4 Å². The van der Waals surface area contributed by atoms with Crippen LogP contribution in [-0.4, -0.2) is 24.2 Å². The average Bonchev–Trinajstić information content (AvgIpc) is 2.52. The Morgan fingerprint density at radius 3 is 2.52 bits per heavy atom. The normalized spacial score (nSPS) is 10.0. The van der Waals surface area contributed by atoms with Crippen LogP contribution in [0.5, 0.6) is 11.5 Å². The maximum absolute atomic E-state index is 5.53. The molecule has 1 heterocycles. The van der Waals surface area contributed by atoms with Crippen LogP contribution in [0.15, 0.2) is 36.5 Å². The Labute approximate surface area is 129 Å². The third-order valence-corrected chi connectivity index (χ3v) is 3.21. The van der Waals surface area contributed by atoms with Crippen LogP contribution in [0.25, 0.3) is 0 Å². The molecule has 0 aliphatic rings. The van der Waals surface area contributed by atoms with E-state index < -0.39 is 0 Å². The summed E-state index contributed by atoms with van der Waals surface area (Å²) in [6, 6.07) is 9.45. The highest BCUT2D eigenvalue weighted by molar-refractivity contribution is 7.80. The van der Waals surface area contributed by atoms with Gasteiger partial charge in [0.15, 0.2) is 11.5 Å². The van der Waals surface area contributed by atoms with E-state index in [1.807, 2.05) is 30.3 Å². The van der Waals surface area contributed by atoms with Crippen molar-refractivity contribution in [1.29, 1.82) is 0 Å². The van der Waals surface area contributed by atoms with Gasteiger partial charge in [0, 0.05) is 18.3 Å². The summed E-state index contributed by atoms with van der Waals surface area (Å²) < 4.78 is 10.5. The van der Waals surface area contributed by atoms with E-state index in [9.17, 15) is 0 Å². The summed E-state index contributed by atoms with van der Waals surface area (Å²) in [6.45, 7) is 0.625. The lowest BCUT2D eigenvalue weighted by atomic mass is 10.2. The molecule has 0 atom stereocenters. The number of methoxy groups -OCH3 is 2. The third-order valence-electron chi connectivity index (χ3n) is 2.97. The van der Waals surface area contributed by atoms with E-state index in [1.165, 1.54) is 0 Å². The quantitative estimate of drug-likeness (QED) is 0.798. The number of hydrogen-bond donors (Lipinski definition) is 2. The van der Waals surface area contributed by atoms with Crippen LogP contribution in [0.4, 0.5) is 5.82 Å². The van der Waals surface area contributed by atoms with Crippen molar-refractivity contribution in [3.8, 4) is 11.5 Å². The zero-order valence-electron chi connectivity index (χ0n) is 11.9. The first-order chi connectivity index (χ1) is 10.1. The molecule has 0 aliphatic carbocycles. The number of nitrogens with two attached hydrogens (primary N) is 1. The average molecular weight is 303 g/mol. The second kappa shape index (κ2) is 6.90. The van der Waals surface area contributed by atoms with Gasteiger partial charge in [0.25, 0.3) is 0 Å². The molecule has 0 fully saturated rings. The molecule has 5 nitrogen and oxygen atoms in total. The molecule has 21 heavy (non-hydrogen) atoms. The van der Waals surface area contributed by atoms with Crippen molar-refractivity contribution in [2.24, 2.45) is 5.73 Å². The first-order valence-electron chi connectivity index (χ1n) is 6.34. The second-order valence-corrected chi connectivity index (χ2v) is 4.78. The number of aromatic nitrogens is 1. The molecule has 0 spiro atoms. The fourth-order valence-corrected chi connectivity index (χ4v) is 1.95. The van der Waals surface area contributed by atoms with Gasteiger partial charge in [-0.05, 0) is 29.8 Å². The largest absolute Gasteiger partial charge is 0.493 e. The second-order valence-electron chi connectivity index (χ2n) is 4.34. The summed E-state index contributed by atoms with van der Waals surface area (Å²) in [5.74, 6) is 2.17. The molecule has 6 heteroatoms. The molecule has 0 aliphatic heterocycles. The summed E-state index contributed by atoms with van der Waals surface area (Å²) in [4.78, 5) is 4.60. The Kier molecular flexibility index (Phi) is 4.94. The first-order valence-corrected chi connectivity index (χ1v) is 6.75. The van der Waals surface area contributed by atoms with Crippen LogP contribution in [0.2, 0.25) is 0 Å². The van der Waals surface area contributed by atoms with E-state index in [4.69, 9.17) is 27.4 Å². The highest BCUT2D eigenvalue weighted by Gasteiger charge is 2.05. The van der Waals surface area contributed by atoms with Crippen molar-refractivity contribution in [3.63, 3.8) is 0 Å². The van der Waals surface area contributed by atoms with Crippen LogP contribution >= 0.6 is 12.2 Å². The van der Waals surface area contributed by atoms with Crippen LogP contribution in [0.3, 0.4) is 0 Å². The molecule has 1 aromatic carbocycles. The molecule has 2 aromatic rings. The lowest BCUT2D eigenvalue weighted by Crippen LogP contribution is -2.10. The van der Waals surface area contributed by atoms with E-state index in [1.54, 1.807) is 20.4 Å². The van der Waals surface area contributed by atoms with Gasteiger partial charge in [0.05, 0.1) is 14.2 Å². The molecule has 0 saturated heterocycles. The van der Waals surface area contributed by atoms with E-state index in [2.05, 4.69) is 10.3 Å². The molecule has 110 valence electrons. The van der Waals surface area contributed by atoms with Crippen LogP contribution in [0.1, 0.15) is 11.1 Å². The zero-order chi connectivity index (χ0) is 15.2. The van der Waals surface area contributed by atoms with Crippen molar-refractivity contribution in [1.82, 2.24) is 4.98 Å². The monoisotopic (exact) mass is 303 g/mol. The summed E-state index contributed by atoms with van der Waals surface area (Å²) in [6.07, 6.45) is 1.65. The van der Waals surface area contributed by atoms with E-state index in [-0.39, 0.29) is 0 Å². The standard InChI is InChI=1S/C15H17N3O2S/c1-19-12-5-3-10(7-13(12)20-2)8-17-14-6-4-11(9-18-14)15(16)21/h3-7,9H,8H2,1-2H3,(H2,16,21)(H,17,18). The maximum Gasteiger partial charge on any atom is 0.161 e. The number of benzene rings is 1. The predicted octanol–water partition coefficient (Wildman–Crippen LogP) is 2.35. The Balaban J connectivity index is 2.04. The van der Waals surface area contributed by atoms with Crippen molar-refractivity contribution < 1.29 is 9.47 Å². The van der Waals surface area contributed by atoms with Gasteiger partial charge in [-0.1, -0.05) is 18.3 Å². The van der Waals surface area contributed by atoms with Gasteiger partial charge in [-0.2, -0.15) is 0 Å². The number of rotatable bonds is 6. The minimum absolute atomic E-state index is 0.342. The molecule has 2 rings (SSSR count). The molecule has 0 radical (unpaired) electrons. The Morgan fingerprint density at radius 2 is 1.95 bits per heavy atom. The summed E-state index contributed by atoms with van der Waals surface area (Å²) in [5.41, 5.74) is 7.35. The highest BCUT2D eigenvalue weighted by atomic mass is 32.1. The minimum Gasteiger partial charge on any atom is -0.493 e. The van der Waals surface area contributed by atoms with Crippen LogP contribution in [-0.2, 0) is 6.54 Å². The summed E-state index contributed by atoms with van der Waals surface area (Å²) in [7, 11) is 3.23. The number of pyridine rings is 1. The van der Waals surface area contributed by atoms with Crippen LogP contribution in [0, 0.1) is 0 Å². The number of hydrogen-bond acceptors (Lipinski definition) is 5. The molecule has 3 N–H and O–H groups in total. The van der Waals surface area contributed by atoms with Gasteiger partial charge in [0.2, 0.25) is 0 Å². The van der Waals surface area contributed by atoms with Crippen molar-refractivity contribution >= 4 is 23.0 Å². The van der Waals surface area contributed by atoms with Crippen molar-refractivity contribution in [2.75, 3.05) is 19.5 Å². The molecule has 0 bridgehead atoms. The van der Waals surface area contributed by atoms with Gasteiger partial charge < -0.3 is 20.5 Å². The summed E-state index contributed by atoms with van der Waals surface area (Å²) >= 11 is 4.89. The molecule has 0 amide bonds. The fourth-order valence-electron chi connectivity index (χ4n) is 1.83. The Hall–Kier alpha value is -2.34. The summed E-state index contributed by atoms with van der Waals surface area (Å²) in [5, 5.41) is 3.22. The van der Waals surface area contributed by atoms with Crippen molar-refractivity contribution in [2.45, 2.75) is 6.54 Å². The molecule has 0 saturated carbocycles. The Morgan fingerprint density at radius 1 is 1.19 bits per heavy atom. The lowest BCUT2D eigenvalue weighted by Gasteiger charge is -2.10. The fraction of sp³-hybridized carbons (Fsp3) is 0.200. The van der Waals surface area contributed by atoms with E-state index in [0.29, 0.717) is 23.0 Å². The van der Waals surface area contributed by atoms with E-state index >= 15 is 0 Å². The SMILES string of the molecule is COc1ccc(CNc2ccc(C(N)=S)cn2)cc1OC. The van der Waals surface area contributed by atoms with Crippen LogP contribution < -0.4 is 20.5 Å². The number of ether oxygens (including phenoxy) is 2. The van der Waals surface area contributed by atoms with E-state index in [0.717, 1.165) is 16.9 Å². The number of anilines is 1. The Bertz CT molecular complexity index is 629. The van der Waals surface area contributed by atoms with Crippen molar-refractivity contribution in [3.05, 3.63) is 47.7 Å². The predicted molar refractivity (Wildman–Crippen MR) is 87.0 cm³/mol. The van der Waals surface area contributed by atoms with Gasteiger partial charge in [-0.25, -0.2) is 4.98 Å². The highest BCUT2D eigenvalue weighted by Crippen LogP contribution is 2.27. The molecular formula is C15H17N3O2S. The van der Waals surface area contributed by atoms with Gasteiger partial charge in [0.1, 0.15) is 10.8 Å².